The fourth-order valence-corrected chi connectivity index (χ4v) is 7.94. The Morgan fingerprint density at radius 1 is 0.844 bits per heavy atom. The van der Waals surface area contributed by atoms with Crippen LogP contribution in [0.4, 0.5) is 0 Å². The van der Waals surface area contributed by atoms with E-state index >= 15 is 0 Å². The molecule has 32 heavy (non-hydrogen) atoms. The summed E-state index contributed by atoms with van der Waals surface area (Å²) in [5, 5.41) is 2.56. The van der Waals surface area contributed by atoms with Gasteiger partial charge >= 0.3 is 161 Å². The molecule has 0 aliphatic rings. The Morgan fingerprint density at radius 3 is 2.31 bits per heavy atom. The Bertz CT molecular complexity index is 1470. The van der Waals surface area contributed by atoms with Gasteiger partial charge in [0.15, 0.2) is 0 Å². The zero-order valence-corrected chi connectivity index (χ0v) is 22.3. The fraction of sp³-hybridized carbons (Fsp3) is 0.207. The Kier molecular flexibility index (Phi) is 5.16. The molecule has 0 aliphatic heterocycles. The maximum atomic E-state index is 8.41. The second-order valence-corrected chi connectivity index (χ2v) is 21.5. The van der Waals surface area contributed by atoms with Gasteiger partial charge in [0.25, 0.3) is 0 Å². The topological polar surface area (TPSA) is 12.9 Å². The van der Waals surface area contributed by atoms with Crippen molar-refractivity contribution in [2.24, 2.45) is 0 Å². The first-order chi connectivity index (χ1) is 15.6. The Morgan fingerprint density at radius 2 is 1.59 bits per heavy atom. The van der Waals surface area contributed by atoms with Gasteiger partial charge in [0.2, 0.25) is 0 Å². The minimum absolute atomic E-state index is 0.646. The van der Waals surface area contributed by atoms with Gasteiger partial charge in [-0.1, -0.05) is 13.8 Å². The van der Waals surface area contributed by atoms with Crippen LogP contribution in [0.1, 0.15) is 26.7 Å². The first-order valence-corrected chi connectivity index (χ1v) is 19.3. The van der Waals surface area contributed by atoms with Gasteiger partial charge < -0.3 is 0 Å². The van der Waals surface area contributed by atoms with Gasteiger partial charge in [-0.15, -0.1) is 0 Å². The van der Waals surface area contributed by atoms with Crippen molar-refractivity contribution < 1.29 is 1.37 Å². The molecule has 0 N–H and O–H groups in total. The van der Waals surface area contributed by atoms with Gasteiger partial charge in [-0.05, 0) is 17.5 Å². The van der Waals surface area contributed by atoms with Crippen LogP contribution in [0.3, 0.4) is 0 Å². The Balaban J connectivity index is 1.62. The van der Waals surface area contributed by atoms with Crippen LogP contribution in [-0.2, 0) is 0 Å². The third kappa shape index (κ3) is 3.91. The van der Waals surface area contributed by atoms with E-state index in [0.29, 0.717) is 0 Å². The number of thiophene rings is 1. The summed E-state index contributed by atoms with van der Waals surface area (Å²) in [5.74, 6) is 6.66. The van der Waals surface area contributed by atoms with Crippen molar-refractivity contribution in [2.45, 2.75) is 37.0 Å². The van der Waals surface area contributed by atoms with E-state index in [4.69, 9.17) is 1.37 Å². The molecule has 3 heteroatoms. The zero-order chi connectivity index (χ0) is 23.4. The molecule has 1 nitrogen and oxygen atoms in total. The van der Waals surface area contributed by atoms with E-state index in [0.717, 1.165) is 16.8 Å². The maximum absolute atomic E-state index is 8.41. The van der Waals surface area contributed by atoms with Crippen LogP contribution in [0.25, 0.3) is 42.6 Å². The van der Waals surface area contributed by atoms with E-state index in [9.17, 15) is 0 Å². The van der Waals surface area contributed by atoms with Crippen molar-refractivity contribution in [3.8, 4) is 22.4 Å². The molecule has 160 valence electrons. The van der Waals surface area contributed by atoms with E-state index < -0.39 is 19.2 Å². The minimum atomic E-state index is -1.80. The average molecular weight is 497 g/mol. The number of benzene rings is 3. The van der Waals surface area contributed by atoms with E-state index in [1.165, 1.54) is 35.7 Å². The van der Waals surface area contributed by atoms with Crippen molar-refractivity contribution in [3.63, 3.8) is 0 Å². The summed E-state index contributed by atoms with van der Waals surface area (Å²) in [7, 11) is 0. The average Bonchev–Trinajstić information content (AvgIpc) is 3.16. The number of pyridine rings is 1. The van der Waals surface area contributed by atoms with Crippen molar-refractivity contribution in [2.75, 3.05) is 0 Å². The third-order valence-corrected chi connectivity index (χ3v) is 11.7. The number of fused-ring (bicyclic) bond motifs is 3. The van der Waals surface area contributed by atoms with E-state index in [-0.39, 0.29) is 0 Å². The molecule has 0 saturated heterocycles. The van der Waals surface area contributed by atoms with Gasteiger partial charge in [0.1, 0.15) is 0 Å². The van der Waals surface area contributed by atoms with Crippen LogP contribution in [0, 0.1) is 0 Å². The molecule has 3 aromatic carbocycles. The van der Waals surface area contributed by atoms with E-state index in [2.05, 4.69) is 89.0 Å². The van der Waals surface area contributed by atoms with Gasteiger partial charge in [-0.2, -0.15) is 0 Å². The second kappa shape index (κ2) is 8.17. The monoisotopic (exact) mass is 498 g/mol. The molecule has 0 bridgehead atoms. The summed E-state index contributed by atoms with van der Waals surface area (Å²) in [5.41, 5.74) is 5.60. The first kappa shape index (κ1) is 20.2. The summed E-state index contributed by atoms with van der Waals surface area (Å²) in [6.45, 7) is 3.84. The standard InChI is InChI=1S/C29H29GeNS/c1-19(2)21-15-16-31-27(17-21)26-8-6-7-25-24-14-11-22(18-28(24)32-29(25)26)20-9-12-23(13-10-20)30(3,4)5/h6-19H,1-5H3/i19D. The third-order valence-electron chi connectivity index (χ3n) is 6.20. The summed E-state index contributed by atoms with van der Waals surface area (Å²) in [4.78, 5) is 4.66. The Labute approximate surface area is 198 Å². The summed E-state index contributed by atoms with van der Waals surface area (Å²) >= 11 is 0.0339. The molecule has 0 unspecified atom stereocenters. The van der Waals surface area contributed by atoms with Crippen molar-refractivity contribution in [3.05, 3.63) is 84.6 Å². The zero-order valence-electron chi connectivity index (χ0n) is 20.4. The number of hydrogen-bond donors (Lipinski definition) is 0. The van der Waals surface area contributed by atoms with Gasteiger partial charge in [0.05, 0.1) is 0 Å². The molecular formula is C29H29GeNS. The molecule has 5 aromatic rings. The Hall–Kier alpha value is -2.43. The molecule has 0 saturated carbocycles. The van der Waals surface area contributed by atoms with Gasteiger partial charge in [-0.25, -0.2) is 0 Å². The van der Waals surface area contributed by atoms with Crippen LogP contribution in [0.15, 0.2) is 79.0 Å². The molecule has 0 amide bonds. The number of hydrogen-bond acceptors (Lipinski definition) is 2. The van der Waals surface area contributed by atoms with E-state index in [1.807, 2.05) is 37.4 Å². The van der Waals surface area contributed by atoms with Crippen LogP contribution in [0.2, 0.25) is 17.3 Å². The molecule has 2 heterocycles. The predicted molar refractivity (Wildman–Crippen MR) is 145 cm³/mol. The van der Waals surface area contributed by atoms with Crippen molar-refractivity contribution in [1.82, 2.24) is 4.98 Å². The van der Waals surface area contributed by atoms with Crippen molar-refractivity contribution >= 4 is 49.2 Å². The normalized spacial score (nSPS) is 13.0. The van der Waals surface area contributed by atoms with Crippen LogP contribution < -0.4 is 4.40 Å². The summed E-state index contributed by atoms with van der Waals surface area (Å²) in [6, 6.07) is 26.6. The fourth-order valence-electron chi connectivity index (χ4n) is 4.23. The van der Waals surface area contributed by atoms with Crippen LogP contribution in [0.5, 0.6) is 0 Å². The SMILES string of the molecule is [2H]C(C)(C)c1ccnc(-c2cccc3c2sc2cc(-c4cc[c]([Ge]([CH3])([CH3])[CH3])cc4)ccc23)c1. The molecule has 5 rings (SSSR count). The van der Waals surface area contributed by atoms with Crippen LogP contribution in [-0.4, -0.2) is 18.3 Å². The molecule has 0 atom stereocenters. The molecule has 0 fully saturated rings. The first-order valence-electron chi connectivity index (χ1n) is 11.6. The molecule has 0 aliphatic carbocycles. The molecule has 0 spiro atoms. The van der Waals surface area contributed by atoms with Crippen LogP contribution >= 0.6 is 11.3 Å². The summed E-state index contributed by atoms with van der Waals surface area (Å²) in [6.07, 6.45) is 1.83. The second-order valence-electron chi connectivity index (χ2n) is 9.75. The van der Waals surface area contributed by atoms with E-state index in [1.54, 1.807) is 0 Å². The molecule has 0 radical (unpaired) electrons. The molecule has 2 aromatic heterocycles. The predicted octanol–water partition coefficient (Wildman–Crippen LogP) is 8.45. The number of aromatic nitrogens is 1. The number of nitrogens with zero attached hydrogens (tertiary/aromatic N) is 1. The quantitative estimate of drug-likeness (QED) is 0.227. The van der Waals surface area contributed by atoms with Gasteiger partial charge in [0, 0.05) is 7.57 Å². The van der Waals surface area contributed by atoms with Gasteiger partial charge in [-0.3, -0.25) is 0 Å². The van der Waals surface area contributed by atoms with Crippen molar-refractivity contribution in [1.29, 1.82) is 0 Å². The molecular weight excluding hydrogens is 467 g/mol. The summed E-state index contributed by atoms with van der Waals surface area (Å²) < 4.78 is 12.5. The number of rotatable bonds is 4.